The second kappa shape index (κ2) is 14.5. The number of hydrogen-bond donors (Lipinski definition) is 6. The number of alkyl halides is 1. The normalized spacial score (nSPS) is 15.5. The molecule has 2 aromatic heterocycles. The minimum Gasteiger partial charge on any atom is -0.388 e. The van der Waals surface area contributed by atoms with Crippen LogP contribution < -0.4 is 27.1 Å². The van der Waals surface area contributed by atoms with Crippen molar-refractivity contribution in [2.75, 3.05) is 35.9 Å². The van der Waals surface area contributed by atoms with Gasteiger partial charge < -0.3 is 30.8 Å². The molecule has 1 aromatic carbocycles. The monoisotopic (exact) mass is 666 g/mol. The van der Waals surface area contributed by atoms with Crippen LogP contribution >= 0.6 is 23.4 Å². The van der Waals surface area contributed by atoms with Crippen LogP contribution in [0.4, 0.5) is 11.4 Å². The van der Waals surface area contributed by atoms with Gasteiger partial charge in [0.2, 0.25) is 5.70 Å². The van der Waals surface area contributed by atoms with Crippen LogP contribution in [-0.4, -0.2) is 68.9 Å². The average molecular weight is 667 g/mol. The van der Waals surface area contributed by atoms with Gasteiger partial charge in [0, 0.05) is 67.6 Å². The lowest BCUT2D eigenvalue weighted by Gasteiger charge is -2.25. The fourth-order valence-corrected chi connectivity index (χ4v) is 5.94. The highest BCUT2D eigenvalue weighted by atomic mass is 35.5. The molecular weight excluding hydrogens is 630 g/mol. The molecule has 3 aromatic rings. The zero-order valence-corrected chi connectivity index (χ0v) is 27.5. The molecule has 4 amide bonds. The molecule has 46 heavy (non-hydrogen) atoms. The quantitative estimate of drug-likeness (QED) is 0.0384. The van der Waals surface area contributed by atoms with Crippen molar-refractivity contribution in [2.24, 2.45) is 19.8 Å². The number of carbonyl (C=O) groups excluding carboxylic acids is 4. The van der Waals surface area contributed by atoms with Gasteiger partial charge in [-0.2, -0.15) is 10.0 Å². The summed E-state index contributed by atoms with van der Waals surface area (Å²) in [5, 5.41) is 15.6. The van der Waals surface area contributed by atoms with E-state index in [2.05, 4.69) is 21.4 Å². The van der Waals surface area contributed by atoms with Crippen molar-refractivity contribution in [3.05, 3.63) is 83.2 Å². The third kappa shape index (κ3) is 7.88. The summed E-state index contributed by atoms with van der Waals surface area (Å²) in [4.78, 5) is 51.8. The fraction of sp³-hybridized carbons (Fsp3) is 0.258. The number of halogens is 1. The van der Waals surface area contributed by atoms with E-state index in [4.69, 9.17) is 22.7 Å². The Balaban J connectivity index is 1.47. The van der Waals surface area contributed by atoms with Gasteiger partial charge >= 0.3 is 5.91 Å². The summed E-state index contributed by atoms with van der Waals surface area (Å²) in [5.41, 5.74) is 12.4. The number of hydrogen-bond acceptors (Lipinski definition) is 6. The number of aromatic nitrogens is 2. The Morgan fingerprint density at radius 2 is 1.65 bits per heavy atom. The average Bonchev–Trinajstić information content (AvgIpc) is 3.66. The first-order valence-electron chi connectivity index (χ1n) is 14.2. The van der Waals surface area contributed by atoms with Crippen LogP contribution in [0.25, 0.3) is 5.57 Å². The minimum atomic E-state index is -0.463. The molecule has 1 aliphatic heterocycles. The molecule has 15 heteroatoms. The Labute approximate surface area is 275 Å². The topological polar surface area (TPSA) is 176 Å². The van der Waals surface area contributed by atoms with E-state index in [0.717, 1.165) is 27.3 Å². The summed E-state index contributed by atoms with van der Waals surface area (Å²) >= 11 is 7.52. The van der Waals surface area contributed by atoms with E-state index in [1.807, 2.05) is 25.1 Å². The minimum absolute atomic E-state index is 0.0280. The van der Waals surface area contributed by atoms with E-state index in [1.54, 1.807) is 66.7 Å². The van der Waals surface area contributed by atoms with Crippen LogP contribution in [0.1, 0.15) is 38.5 Å². The predicted octanol–water partition coefficient (Wildman–Crippen LogP) is 3.30. The first-order chi connectivity index (χ1) is 21.8. The summed E-state index contributed by atoms with van der Waals surface area (Å²) in [7, 11) is 5.03. The van der Waals surface area contributed by atoms with Gasteiger partial charge in [0.15, 0.2) is 0 Å². The molecule has 3 heterocycles. The second-order valence-corrected chi connectivity index (χ2v) is 12.4. The molecule has 0 spiro atoms. The number of benzene rings is 1. The number of quaternary nitrogens is 1. The van der Waals surface area contributed by atoms with Crippen molar-refractivity contribution in [1.29, 1.82) is 5.41 Å². The largest absolute Gasteiger partial charge is 0.388 e. The number of carbonyl (C=O) groups is 4. The van der Waals surface area contributed by atoms with Crippen molar-refractivity contribution < 1.29 is 23.8 Å². The van der Waals surface area contributed by atoms with Crippen LogP contribution in [0, 0.1) is 12.3 Å². The van der Waals surface area contributed by atoms with Crippen molar-refractivity contribution >= 4 is 70.3 Å². The van der Waals surface area contributed by atoms with Crippen LogP contribution in [0.2, 0.25) is 0 Å². The maximum atomic E-state index is 13.5. The van der Waals surface area contributed by atoms with E-state index in [0.29, 0.717) is 29.4 Å². The predicted molar refractivity (Wildman–Crippen MR) is 180 cm³/mol. The molecule has 13 nitrogen and oxygen atoms in total. The number of thioether (sulfide) groups is 1. The number of nitrogens with two attached hydrogens (primary N) is 1. The zero-order chi connectivity index (χ0) is 33.6. The van der Waals surface area contributed by atoms with E-state index in [-0.39, 0.29) is 40.7 Å². The van der Waals surface area contributed by atoms with E-state index >= 15 is 0 Å². The molecule has 0 saturated heterocycles. The van der Waals surface area contributed by atoms with Crippen molar-refractivity contribution in [2.45, 2.75) is 18.2 Å². The number of nitrogens with one attached hydrogen (secondary N) is 5. The number of aryl methyl sites for hydroxylation is 3. The highest BCUT2D eigenvalue weighted by Gasteiger charge is 2.38. The molecular formula is C31H37ClN9O4S+. The summed E-state index contributed by atoms with van der Waals surface area (Å²) in [5.74, 6) is 0.0424. The molecule has 4 rings (SSSR count). The maximum Gasteiger partial charge on any atom is 0.312 e. The van der Waals surface area contributed by atoms with Crippen molar-refractivity contribution in [3.63, 3.8) is 0 Å². The van der Waals surface area contributed by atoms with Gasteiger partial charge in [-0.3, -0.25) is 24.6 Å². The molecule has 0 saturated carbocycles. The van der Waals surface area contributed by atoms with Crippen LogP contribution in [0.15, 0.2) is 65.6 Å². The molecule has 1 unspecified atom stereocenters. The number of allylic oxidation sites excluding steroid dienone is 2. The first-order valence-corrected chi connectivity index (χ1v) is 15.8. The lowest BCUT2D eigenvalue weighted by Crippen LogP contribution is -2.50. The van der Waals surface area contributed by atoms with Crippen molar-refractivity contribution in [1.82, 2.24) is 19.9 Å². The van der Waals surface area contributed by atoms with E-state index in [1.165, 1.54) is 12.1 Å². The van der Waals surface area contributed by atoms with Gasteiger partial charge in [0.25, 0.3) is 18.2 Å². The van der Waals surface area contributed by atoms with E-state index < -0.39 is 11.8 Å². The number of nitrogens with zero attached hydrogens (tertiary/aromatic N) is 3. The second-order valence-electron chi connectivity index (χ2n) is 10.8. The highest BCUT2D eigenvalue weighted by Crippen LogP contribution is 2.33. The van der Waals surface area contributed by atoms with E-state index in [9.17, 15) is 19.2 Å². The van der Waals surface area contributed by atoms with Gasteiger partial charge in [-0.05, 0) is 36.2 Å². The van der Waals surface area contributed by atoms with Crippen molar-refractivity contribution in [3.8, 4) is 0 Å². The maximum absolute atomic E-state index is 13.5. The number of rotatable bonds is 14. The van der Waals surface area contributed by atoms with Gasteiger partial charge in [0.05, 0.1) is 17.2 Å². The Morgan fingerprint density at radius 3 is 2.24 bits per heavy atom. The summed E-state index contributed by atoms with van der Waals surface area (Å²) < 4.78 is 2.89. The highest BCUT2D eigenvalue weighted by molar-refractivity contribution is 7.99. The lowest BCUT2D eigenvalue weighted by atomic mass is 10.0. The molecule has 0 fully saturated rings. The van der Waals surface area contributed by atoms with Gasteiger partial charge in [-0.25, -0.2) is 0 Å². The van der Waals surface area contributed by atoms with Crippen LogP contribution in [-0.2, 0) is 23.7 Å². The standard InChI is InChI=1S/C31H36ClN9O4S/c1-19-11-20(5-6-27(19)46-10-8-32)21-12-26(41(4,17-21)36-18-42)31(45)38-23-14-25(40(3)16-23)30(44)37-22-13-24(39(2)15-22)29(43)35-9-7-28(33)34/h5-6,11-18H,7-10H2,1-4H3,(H6-,33,34,35,36,37,38,42,43,44,45)/p+1. The Hall–Kier alpha value is -4.79. The third-order valence-electron chi connectivity index (χ3n) is 7.26. The molecule has 0 radical (unpaired) electrons. The van der Waals surface area contributed by atoms with Crippen LogP contribution in [0.3, 0.4) is 0 Å². The molecule has 1 aliphatic rings. The number of amidine groups is 1. The molecule has 0 aliphatic carbocycles. The third-order valence-corrected chi connectivity index (χ3v) is 8.85. The zero-order valence-electron chi connectivity index (χ0n) is 25.9. The summed E-state index contributed by atoms with van der Waals surface area (Å²) in [6.45, 7) is 2.23. The number of likely N-dealkylation sites (N-methyl/N-ethyl adjacent to an activating group) is 1. The van der Waals surface area contributed by atoms with Crippen LogP contribution in [0.5, 0.6) is 0 Å². The number of anilines is 2. The molecule has 1 atom stereocenters. The summed E-state index contributed by atoms with van der Waals surface area (Å²) in [6.07, 6.45) is 7.49. The smallest absolute Gasteiger partial charge is 0.312 e. The number of amides is 4. The SMILES string of the molecule is Cc1cc(C2=C[N+](C)(NC=O)C(C(=O)Nc3cc(C(=O)Nc4cc(C(=O)NCCC(=N)N)n(C)c4)n(C)c3)=C2)ccc1SCCCl. The fourth-order valence-electron chi connectivity index (χ4n) is 4.97. The first kappa shape index (κ1) is 34.1. The van der Waals surface area contributed by atoms with Gasteiger partial charge in [0.1, 0.15) is 24.6 Å². The van der Waals surface area contributed by atoms with Gasteiger partial charge in [-0.15, -0.1) is 23.4 Å². The molecule has 7 N–H and O–H groups in total. The Kier molecular flexibility index (Phi) is 10.8. The summed E-state index contributed by atoms with van der Waals surface area (Å²) in [6, 6.07) is 9.09. The Morgan fingerprint density at radius 1 is 1.02 bits per heavy atom. The Bertz CT molecular complexity index is 1760. The van der Waals surface area contributed by atoms with Gasteiger partial charge in [-0.1, -0.05) is 12.1 Å². The lowest BCUT2D eigenvalue weighted by molar-refractivity contribution is -0.849. The molecule has 0 bridgehead atoms. The molecule has 242 valence electrons.